The zero-order chi connectivity index (χ0) is 16.4. The summed E-state index contributed by atoms with van der Waals surface area (Å²) in [5.74, 6) is 2.13. The van der Waals surface area contributed by atoms with Crippen LogP contribution in [0.3, 0.4) is 0 Å². The van der Waals surface area contributed by atoms with Crippen LogP contribution < -0.4 is 15.6 Å². The lowest BCUT2D eigenvalue weighted by Gasteiger charge is -2.10. The van der Waals surface area contributed by atoms with Gasteiger partial charge in [0.25, 0.3) is 5.56 Å². The van der Waals surface area contributed by atoms with E-state index in [4.69, 9.17) is 4.74 Å². The van der Waals surface area contributed by atoms with Crippen molar-refractivity contribution in [3.05, 3.63) is 57.8 Å². The minimum Gasteiger partial charge on any atom is -0.497 e. The molecule has 7 nitrogen and oxygen atoms in total. The van der Waals surface area contributed by atoms with Crippen molar-refractivity contribution in [3.8, 4) is 5.75 Å². The number of aromatic nitrogens is 4. The third-order valence-electron chi connectivity index (χ3n) is 3.38. The predicted molar refractivity (Wildman–Crippen MR) is 86.8 cm³/mol. The van der Waals surface area contributed by atoms with Crippen LogP contribution in [0.5, 0.6) is 5.75 Å². The third kappa shape index (κ3) is 3.13. The van der Waals surface area contributed by atoms with Gasteiger partial charge in [0.05, 0.1) is 7.11 Å². The highest BCUT2D eigenvalue weighted by molar-refractivity contribution is 5.40. The number of nitrogens with one attached hydrogen (secondary N) is 1. The molecule has 0 aliphatic rings. The molecule has 1 aromatic carbocycles. The first-order chi connectivity index (χ1) is 11.1. The van der Waals surface area contributed by atoms with E-state index in [9.17, 15) is 4.79 Å². The van der Waals surface area contributed by atoms with E-state index in [1.807, 2.05) is 24.3 Å². The Labute approximate surface area is 133 Å². The van der Waals surface area contributed by atoms with Gasteiger partial charge in [-0.25, -0.2) is 9.38 Å². The van der Waals surface area contributed by atoms with Gasteiger partial charge in [0.2, 0.25) is 11.7 Å². The van der Waals surface area contributed by atoms with Gasteiger partial charge in [-0.3, -0.25) is 4.79 Å². The van der Waals surface area contributed by atoms with Gasteiger partial charge in [-0.2, -0.15) is 9.97 Å². The van der Waals surface area contributed by atoms with E-state index in [2.05, 4.69) is 20.3 Å². The van der Waals surface area contributed by atoms with Crippen LogP contribution >= 0.6 is 0 Å². The van der Waals surface area contributed by atoms with E-state index < -0.39 is 0 Å². The van der Waals surface area contributed by atoms with Crippen molar-refractivity contribution < 1.29 is 4.74 Å². The van der Waals surface area contributed by atoms with Crippen molar-refractivity contribution in [2.45, 2.75) is 20.4 Å². The summed E-state index contributed by atoms with van der Waals surface area (Å²) in [5, 5.41) is 3.17. The Morgan fingerprint density at radius 3 is 2.57 bits per heavy atom. The molecule has 1 N–H and O–H groups in total. The Kier molecular flexibility index (Phi) is 3.92. The van der Waals surface area contributed by atoms with Crippen LogP contribution in [0, 0.1) is 13.8 Å². The molecule has 7 heteroatoms. The number of nitrogens with zero attached hydrogens (tertiary/aromatic N) is 4. The SMILES string of the molecule is COc1ccc(CNc2nc(C)nc3nc(C)cc(=O)n23)cc1. The number of ether oxygens (including phenoxy) is 1. The molecule has 0 saturated carbocycles. The molecular formula is C16H17N5O2. The fourth-order valence-electron chi connectivity index (χ4n) is 2.27. The van der Waals surface area contributed by atoms with Gasteiger partial charge in [-0.05, 0) is 31.5 Å². The first-order valence-electron chi connectivity index (χ1n) is 7.18. The van der Waals surface area contributed by atoms with Gasteiger partial charge in [0, 0.05) is 18.3 Å². The average molecular weight is 311 g/mol. The summed E-state index contributed by atoms with van der Waals surface area (Å²) in [5.41, 5.74) is 1.47. The molecule has 0 aliphatic carbocycles. The van der Waals surface area contributed by atoms with Crippen molar-refractivity contribution in [2.24, 2.45) is 0 Å². The maximum absolute atomic E-state index is 12.2. The number of fused-ring (bicyclic) bond motifs is 1. The summed E-state index contributed by atoms with van der Waals surface area (Å²) in [6.45, 7) is 4.06. The fraction of sp³-hybridized carbons (Fsp3) is 0.250. The molecule has 0 atom stereocenters. The molecule has 0 fully saturated rings. The largest absolute Gasteiger partial charge is 0.497 e. The lowest BCUT2D eigenvalue weighted by Crippen LogP contribution is -2.21. The Balaban J connectivity index is 1.94. The van der Waals surface area contributed by atoms with E-state index >= 15 is 0 Å². The van der Waals surface area contributed by atoms with Crippen molar-refractivity contribution in [1.82, 2.24) is 19.4 Å². The standard InChI is InChI=1S/C16H17N5O2/c1-10-8-14(22)21-15(19-11(2)20-16(21)18-10)17-9-12-4-6-13(23-3)7-5-12/h4-8H,9H2,1-3H3,(H,17,18,19,20). The quantitative estimate of drug-likeness (QED) is 0.790. The molecule has 0 aliphatic heterocycles. The van der Waals surface area contributed by atoms with Crippen LogP contribution in [0.15, 0.2) is 35.1 Å². The maximum Gasteiger partial charge on any atom is 0.262 e. The molecule has 0 radical (unpaired) electrons. The number of hydrogen-bond acceptors (Lipinski definition) is 6. The molecule has 0 unspecified atom stereocenters. The van der Waals surface area contributed by atoms with Crippen LogP contribution in [0.1, 0.15) is 17.1 Å². The van der Waals surface area contributed by atoms with Gasteiger partial charge in [0.15, 0.2) is 0 Å². The summed E-state index contributed by atoms with van der Waals surface area (Å²) < 4.78 is 6.52. The van der Waals surface area contributed by atoms with Gasteiger partial charge >= 0.3 is 0 Å². The Morgan fingerprint density at radius 2 is 1.87 bits per heavy atom. The summed E-state index contributed by atoms with van der Waals surface area (Å²) in [6.07, 6.45) is 0. The number of anilines is 1. The fourth-order valence-corrected chi connectivity index (χ4v) is 2.27. The van der Waals surface area contributed by atoms with E-state index in [1.54, 1.807) is 21.0 Å². The molecule has 3 rings (SSSR count). The zero-order valence-electron chi connectivity index (χ0n) is 13.2. The van der Waals surface area contributed by atoms with E-state index in [-0.39, 0.29) is 5.56 Å². The summed E-state index contributed by atoms with van der Waals surface area (Å²) in [7, 11) is 1.63. The number of benzene rings is 1. The first-order valence-corrected chi connectivity index (χ1v) is 7.18. The monoisotopic (exact) mass is 311 g/mol. The van der Waals surface area contributed by atoms with Gasteiger partial charge < -0.3 is 10.1 Å². The Hall–Kier alpha value is -2.96. The predicted octanol–water partition coefficient (Wildman–Crippen LogP) is 1.72. The number of aryl methyl sites for hydroxylation is 2. The molecule has 118 valence electrons. The minimum atomic E-state index is -0.204. The zero-order valence-corrected chi connectivity index (χ0v) is 13.2. The van der Waals surface area contributed by atoms with Crippen molar-refractivity contribution >= 4 is 11.7 Å². The smallest absolute Gasteiger partial charge is 0.262 e. The van der Waals surface area contributed by atoms with Crippen molar-refractivity contribution in [2.75, 3.05) is 12.4 Å². The maximum atomic E-state index is 12.2. The van der Waals surface area contributed by atoms with E-state index in [0.29, 0.717) is 29.8 Å². The second kappa shape index (κ2) is 6.04. The lowest BCUT2D eigenvalue weighted by atomic mass is 10.2. The summed E-state index contributed by atoms with van der Waals surface area (Å²) in [4.78, 5) is 25.0. The molecule has 0 saturated heterocycles. The summed E-state index contributed by atoms with van der Waals surface area (Å²) >= 11 is 0. The summed E-state index contributed by atoms with van der Waals surface area (Å²) in [6, 6.07) is 9.14. The highest BCUT2D eigenvalue weighted by Gasteiger charge is 2.09. The number of hydrogen-bond donors (Lipinski definition) is 1. The van der Waals surface area contributed by atoms with Gasteiger partial charge in [-0.15, -0.1) is 0 Å². The molecular weight excluding hydrogens is 294 g/mol. The van der Waals surface area contributed by atoms with Gasteiger partial charge in [-0.1, -0.05) is 12.1 Å². The van der Waals surface area contributed by atoms with E-state index in [0.717, 1.165) is 11.3 Å². The molecule has 0 amide bonds. The van der Waals surface area contributed by atoms with Crippen LogP contribution in [0.2, 0.25) is 0 Å². The second-order valence-electron chi connectivity index (χ2n) is 5.17. The Morgan fingerprint density at radius 1 is 1.13 bits per heavy atom. The highest BCUT2D eigenvalue weighted by atomic mass is 16.5. The lowest BCUT2D eigenvalue weighted by molar-refractivity contribution is 0.414. The third-order valence-corrected chi connectivity index (χ3v) is 3.38. The molecule has 2 aromatic heterocycles. The second-order valence-corrected chi connectivity index (χ2v) is 5.17. The van der Waals surface area contributed by atoms with Crippen molar-refractivity contribution in [3.63, 3.8) is 0 Å². The molecule has 2 heterocycles. The number of methoxy groups -OCH3 is 1. The first kappa shape index (κ1) is 15.0. The van der Waals surface area contributed by atoms with E-state index in [1.165, 1.54) is 10.5 Å². The van der Waals surface area contributed by atoms with Crippen LogP contribution in [0.25, 0.3) is 5.78 Å². The minimum absolute atomic E-state index is 0.204. The average Bonchev–Trinajstić information content (AvgIpc) is 2.52. The Bertz CT molecular complexity index is 897. The molecule has 3 aromatic rings. The van der Waals surface area contributed by atoms with Crippen molar-refractivity contribution in [1.29, 1.82) is 0 Å². The van der Waals surface area contributed by atoms with Crippen LogP contribution in [-0.4, -0.2) is 26.5 Å². The molecule has 0 bridgehead atoms. The van der Waals surface area contributed by atoms with Gasteiger partial charge in [0.1, 0.15) is 11.6 Å². The topological polar surface area (TPSA) is 81.4 Å². The van der Waals surface area contributed by atoms with Crippen LogP contribution in [0.4, 0.5) is 5.95 Å². The molecule has 23 heavy (non-hydrogen) atoms. The normalized spacial score (nSPS) is 10.7. The number of rotatable bonds is 4. The highest BCUT2D eigenvalue weighted by Crippen LogP contribution is 2.13. The molecule has 0 spiro atoms. The van der Waals surface area contributed by atoms with Crippen LogP contribution in [-0.2, 0) is 6.54 Å².